The van der Waals surface area contributed by atoms with Crippen LogP contribution in [0.2, 0.25) is 0 Å². The molecule has 1 atom stereocenters. The van der Waals surface area contributed by atoms with Crippen molar-refractivity contribution in [2.45, 2.75) is 18.8 Å². The fraction of sp³-hybridized carbons (Fsp3) is 0.0638. The number of nitrogen functional groups attached to an aromatic ring is 1. The highest BCUT2D eigenvalue weighted by Gasteiger charge is 2.27. The Labute approximate surface area is 290 Å². The smallest absolute Gasteiger partial charge is 0.0795 e. The van der Waals surface area contributed by atoms with Crippen LogP contribution in [0, 0.1) is 0 Å². The van der Waals surface area contributed by atoms with Crippen molar-refractivity contribution in [2.75, 3.05) is 5.73 Å². The molecule has 0 radical (unpaired) electrons. The third-order valence-corrected chi connectivity index (χ3v) is 10.7. The van der Waals surface area contributed by atoms with Crippen molar-refractivity contribution in [3.8, 4) is 5.69 Å². The van der Waals surface area contributed by atoms with Crippen LogP contribution in [0.25, 0.3) is 65.8 Å². The molecule has 2 aromatic heterocycles. The van der Waals surface area contributed by atoms with Gasteiger partial charge in [-0.25, -0.2) is 0 Å². The molecule has 2 heterocycles. The zero-order chi connectivity index (χ0) is 33.2. The van der Waals surface area contributed by atoms with Crippen molar-refractivity contribution in [3.05, 3.63) is 187 Å². The molecule has 0 spiro atoms. The van der Waals surface area contributed by atoms with Gasteiger partial charge in [0.25, 0.3) is 0 Å². The number of allylic oxidation sites excluding steroid dienone is 4. The number of anilines is 1. The van der Waals surface area contributed by atoms with Crippen LogP contribution < -0.4 is 5.73 Å². The van der Waals surface area contributed by atoms with Crippen molar-refractivity contribution in [2.24, 2.45) is 0 Å². The Morgan fingerprint density at radius 1 is 0.460 bits per heavy atom. The molecular formula is C47H35N3. The molecule has 0 fully saturated rings. The molecule has 9 aromatic rings. The highest BCUT2D eigenvalue weighted by Crippen LogP contribution is 2.48. The number of aromatic nitrogens is 2. The number of fused-ring (bicyclic) bond motifs is 10. The van der Waals surface area contributed by atoms with Gasteiger partial charge in [0, 0.05) is 44.5 Å². The molecule has 0 aliphatic heterocycles. The van der Waals surface area contributed by atoms with E-state index >= 15 is 0 Å². The second kappa shape index (κ2) is 11.4. The Morgan fingerprint density at radius 2 is 0.980 bits per heavy atom. The van der Waals surface area contributed by atoms with Crippen LogP contribution in [0.3, 0.4) is 0 Å². The summed E-state index contributed by atoms with van der Waals surface area (Å²) in [6.07, 6.45) is 6.59. The van der Waals surface area contributed by atoms with Crippen molar-refractivity contribution >= 4 is 65.8 Å². The first-order valence-corrected chi connectivity index (χ1v) is 17.5. The average molecular weight is 642 g/mol. The van der Waals surface area contributed by atoms with Crippen molar-refractivity contribution in [1.82, 2.24) is 9.13 Å². The number of nitrogens with two attached hydrogens (primary N) is 1. The third-order valence-electron chi connectivity index (χ3n) is 10.7. The number of rotatable bonds is 5. The van der Waals surface area contributed by atoms with E-state index in [4.69, 9.17) is 5.73 Å². The average Bonchev–Trinajstić information content (AvgIpc) is 3.71. The Hall–Kier alpha value is -6.32. The van der Waals surface area contributed by atoms with E-state index in [1.54, 1.807) is 0 Å². The summed E-state index contributed by atoms with van der Waals surface area (Å²) < 4.78 is 5.06. The molecule has 2 N–H and O–H groups in total. The molecular weight excluding hydrogens is 607 g/mol. The summed E-state index contributed by atoms with van der Waals surface area (Å²) in [6, 6.07) is 56.8. The van der Waals surface area contributed by atoms with Gasteiger partial charge in [-0.15, -0.1) is 0 Å². The quantitative estimate of drug-likeness (QED) is 0.187. The minimum atomic E-state index is 0.101. The molecule has 0 amide bonds. The molecule has 0 bridgehead atoms. The van der Waals surface area contributed by atoms with Crippen LogP contribution in [0.1, 0.15) is 29.9 Å². The normalized spacial score (nSPS) is 14.1. The first kappa shape index (κ1) is 28.7. The van der Waals surface area contributed by atoms with Crippen molar-refractivity contribution in [3.63, 3.8) is 0 Å². The van der Waals surface area contributed by atoms with Gasteiger partial charge in [0.1, 0.15) is 0 Å². The summed E-state index contributed by atoms with van der Waals surface area (Å²) in [6.45, 7) is 0. The van der Waals surface area contributed by atoms with Crippen LogP contribution in [0.15, 0.2) is 175 Å². The third kappa shape index (κ3) is 4.23. The van der Waals surface area contributed by atoms with Gasteiger partial charge < -0.3 is 14.9 Å². The SMILES string of the molecule is Nc1ccccc1C(C1=CC=C(n2c3ccccc3c3c4ccccc4c4c5ccccc5n(-c5ccccc5)c4c32)CC1)c1ccccc1. The van der Waals surface area contributed by atoms with Crippen LogP contribution in [-0.2, 0) is 0 Å². The summed E-state index contributed by atoms with van der Waals surface area (Å²) in [5.41, 5.74) is 18.7. The monoisotopic (exact) mass is 641 g/mol. The number of hydrogen-bond acceptors (Lipinski definition) is 1. The van der Waals surface area contributed by atoms with E-state index in [0.717, 1.165) is 24.2 Å². The van der Waals surface area contributed by atoms with Gasteiger partial charge >= 0.3 is 0 Å². The van der Waals surface area contributed by atoms with Gasteiger partial charge in [-0.2, -0.15) is 0 Å². The van der Waals surface area contributed by atoms with Gasteiger partial charge in [0.2, 0.25) is 0 Å². The zero-order valence-electron chi connectivity index (χ0n) is 27.6. The fourth-order valence-corrected chi connectivity index (χ4v) is 8.62. The Morgan fingerprint density at radius 3 is 1.60 bits per heavy atom. The van der Waals surface area contributed by atoms with E-state index in [2.05, 4.69) is 167 Å². The highest BCUT2D eigenvalue weighted by atomic mass is 15.0. The lowest BCUT2D eigenvalue weighted by molar-refractivity contribution is 0.824. The van der Waals surface area contributed by atoms with E-state index in [1.165, 1.54) is 76.8 Å². The predicted molar refractivity (Wildman–Crippen MR) is 212 cm³/mol. The maximum atomic E-state index is 6.64. The van der Waals surface area contributed by atoms with E-state index in [1.807, 2.05) is 12.1 Å². The number of nitrogens with zero attached hydrogens (tertiary/aromatic N) is 2. The lowest BCUT2D eigenvalue weighted by Gasteiger charge is -2.26. The lowest BCUT2D eigenvalue weighted by atomic mass is 9.80. The second-order valence-electron chi connectivity index (χ2n) is 13.4. The first-order chi connectivity index (χ1) is 24.8. The molecule has 0 saturated heterocycles. The largest absolute Gasteiger partial charge is 0.398 e. The van der Waals surface area contributed by atoms with E-state index < -0.39 is 0 Å². The fourth-order valence-electron chi connectivity index (χ4n) is 8.62. The van der Waals surface area contributed by atoms with Crippen molar-refractivity contribution in [1.29, 1.82) is 0 Å². The summed E-state index contributed by atoms with van der Waals surface area (Å²) in [5, 5.41) is 7.73. The minimum Gasteiger partial charge on any atom is -0.398 e. The summed E-state index contributed by atoms with van der Waals surface area (Å²) >= 11 is 0. The van der Waals surface area contributed by atoms with Gasteiger partial charge in [0.05, 0.1) is 22.1 Å². The van der Waals surface area contributed by atoms with Crippen molar-refractivity contribution < 1.29 is 0 Å². The van der Waals surface area contributed by atoms with Crippen LogP contribution in [-0.4, -0.2) is 9.13 Å². The number of benzene rings is 7. The van der Waals surface area contributed by atoms with Gasteiger partial charge in [-0.1, -0.05) is 139 Å². The Kier molecular flexibility index (Phi) is 6.53. The lowest BCUT2D eigenvalue weighted by Crippen LogP contribution is -2.11. The molecule has 238 valence electrons. The first-order valence-electron chi connectivity index (χ1n) is 17.5. The topological polar surface area (TPSA) is 35.9 Å². The summed E-state index contributed by atoms with van der Waals surface area (Å²) in [4.78, 5) is 0. The molecule has 50 heavy (non-hydrogen) atoms. The number of para-hydroxylation sites is 4. The highest BCUT2D eigenvalue weighted by molar-refractivity contribution is 6.36. The molecule has 1 aliphatic rings. The van der Waals surface area contributed by atoms with Gasteiger partial charge in [-0.3, -0.25) is 0 Å². The van der Waals surface area contributed by atoms with Gasteiger partial charge in [-0.05, 0) is 71.1 Å². The minimum absolute atomic E-state index is 0.101. The number of hydrogen-bond donors (Lipinski definition) is 1. The van der Waals surface area contributed by atoms with Crippen LogP contribution in [0.5, 0.6) is 0 Å². The molecule has 3 heteroatoms. The maximum Gasteiger partial charge on any atom is 0.0795 e. The maximum absolute atomic E-state index is 6.64. The molecule has 1 aliphatic carbocycles. The summed E-state index contributed by atoms with van der Waals surface area (Å²) in [5.74, 6) is 0.101. The van der Waals surface area contributed by atoms with Gasteiger partial charge in [0.15, 0.2) is 0 Å². The molecule has 7 aromatic carbocycles. The molecule has 10 rings (SSSR count). The Balaban J connectivity index is 1.31. The summed E-state index contributed by atoms with van der Waals surface area (Å²) in [7, 11) is 0. The zero-order valence-corrected chi connectivity index (χ0v) is 27.6. The predicted octanol–water partition coefficient (Wildman–Crippen LogP) is 12.0. The van der Waals surface area contributed by atoms with E-state index in [9.17, 15) is 0 Å². The Bertz CT molecular complexity index is 2810. The standard InChI is InChI=1S/C47H35N3/c48-40-24-12-9-21-37(40)43(31-15-3-1-4-16-31)32-27-29-34(30-28-32)50-42-26-14-11-23-39(42)45-36-20-8-7-19-35(36)44-38-22-10-13-25-41(38)49(46(44)47(45)50)33-17-5-2-6-18-33/h1-27,29,43H,28,30,48H2. The van der Waals surface area contributed by atoms with Crippen LogP contribution in [0.4, 0.5) is 5.69 Å². The van der Waals surface area contributed by atoms with Crippen LogP contribution >= 0.6 is 0 Å². The van der Waals surface area contributed by atoms with E-state index in [0.29, 0.717) is 0 Å². The van der Waals surface area contributed by atoms with E-state index in [-0.39, 0.29) is 5.92 Å². The molecule has 0 saturated carbocycles. The second-order valence-corrected chi connectivity index (χ2v) is 13.4. The molecule has 1 unspecified atom stereocenters. The molecule has 3 nitrogen and oxygen atoms in total.